The van der Waals surface area contributed by atoms with Crippen LogP contribution in [0.1, 0.15) is 25.0 Å². The highest BCUT2D eigenvalue weighted by Crippen LogP contribution is 2.14. The molecule has 2 aromatic rings. The lowest BCUT2D eigenvalue weighted by Crippen LogP contribution is -2.45. The van der Waals surface area contributed by atoms with E-state index in [0.29, 0.717) is 6.54 Å². The van der Waals surface area contributed by atoms with Crippen LogP contribution in [-0.2, 0) is 16.6 Å². The second kappa shape index (κ2) is 8.58. The second-order valence-corrected chi connectivity index (χ2v) is 8.33. The van der Waals surface area contributed by atoms with E-state index in [1.54, 1.807) is 24.3 Å². The largest absolute Gasteiger partial charge is 0.314 e. The number of aryl methyl sites for hydroxylation is 1. The highest BCUT2D eigenvalue weighted by atomic mass is 32.2. The number of hydrogen-bond donors (Lipinski definition) is 2. The SMILES string of the molecule is Cc1ccc(S(=O)(=O)NC(CN(O)Cc2ccccc2)C(C)C)cc1. The quantitative estimate of drug-likeness (QED) is 0.708. The van der Waals surface area contributed by atoms with E-state index in [0.717, 1.165) is 16.2 Å². The minimum absolute atomic E-state index is 0.0330. The van der Waals surface area contributed by atoms with Gasteiger partial charge < -0.3 is 5.21 Å². The molecule has 5 nitrogen and oxygen atoms in total. The van der Waals surface area contributed by atoms with Crippen molar-refractivity contribution in [2.75, 3.05) is 6.54 Å². The van der Waals surface area contributed by atoms with E-state index in [2.05, 4.69) is 4.72 Å². The number of hydroxylamine groups is 2. The molecule has 1 unspecified atom stereocenters. The Morgan fingerprint density at radius 3 is 2.20 bits per heavy atom. The van der Waals surface area contributed by atoms with E-state index in [9.17, 15) is 13.6 Å². The maximum Gasteiger partial charge on any atom is 0.240 e. The first-order chi connectivity index (χ1) is 11.8. The van der Waals surface area contributed by atoms with Crippen LogP contribution in [0, 0.1) is 12.8 Å². The van der Waals surface area contributed by atoms with Crippen molar-refractivity contribution in [1.82, 2.24) is 9.79 Å². The van der Waals surface area contributed by atoms with Crippen molar-refractivity contribution >= 4 is 10.0 Å². The molecule has 0 fully saturated rings. The second-order valence-electron chi connectivity index (χ2n) is 6.62. The highest BCUT2D eigenvalue weighted by molar-refractivity contribution is 7.89. The Morgan fingerprint density at radius 1 is 1.04 bits per heavy atom. The summed E-state index contributed by atoms with van der Waals surface area (Å²) in [7, 11) is -3.63. The molecule has 0 aliphatic carbocycles. The third-order valence-corrected chi connectivity index (χ3v) is 5.56. The molecule has 0 aromatic heterocycles. The van der Waals surface area contributed by atoms with E-state index in [4.69, 9.17) is 0 Å². The maximum atomic E-state index is 12.6. The summed E-state index contributed by atoms with van der Waals surface area (Å²) in [4.78, 5) is 0.233. The van der Waals surface area contributed by atoms with Crippen LogP contribution in [0.5, 0.6) is 0 Å². The summed E-state index contributed by atoms with van der Waals surface area (Å²) >= 11 is 0. The monoisotopic (exact) mass is 362 g/mol. The summed E-state index contributed by atoms with van der Waals surface area (Å²) in [6, 6.07) is 15.9. The van der Waals surface area contributed by atoms with Gasteiger partial charge >= 0.3 is 0 Å². The van der Waals surface area contributed by atoms with Crippen LogP contribution in [0.25, 0.3) is 0 Å². The minimum Gasteiger partial charge on any atom is -0.314 e. The van der Waals surface area contributed by atoms with Crippen LogP contribution in [-0.4, -0.2) is 31.3 Å². The zero-order valence-electron chi connectivity index (χ0n) is 14.9. The lowest BCUT2D eigenvalue weighted by atomic mass is 10.1. The van der Waals surface area contributed by atoms with Gasteiger partial charge in [0.15, 0.2) is 0 Å². The number of benzene rings is 2. The number of nitrogens with zero attached hydrogens (tertiary/aromatic N) is 1. The number of sulfonamides is 1. The molecule has 0 radical (unpaired) electrons. The number of nitrogens with one attached hydrogen (secondary N) is 1. The van der Waals surface area contributed by atoms with Gasteiger partial charge in [-0.05, 0) is 30.5 Å². The van der Waals surface area contributed by atoms with E-state index in [1.807, 2.05) is 51.1 Å². The predicted molar refractivity (Wildman–Crippen MR) is 98.8 cm³/mol. The average Bonchev–Trinajstić information content (AvgIpc) is 2.55. The molecule has 0 saturated carbocycles. The van der Waals surface area contributed by atoms with Gasteiger partial charge in [0.2, 0.25) is 10.0 Å². The highest BCUT2D eigenvalue weighted by Gasteiger charge is 2.24. The lowest BCUT2D eigenvalue weighted by molar-refractivity contribution is -0.106. The van der Waals surface area contributed by atoms with Crippen molar-refractivity contribution < 1.29 is 13.6 Å². The Morgan fingerprint density at radius 2 is 1.64 bits per heavy atom. The van der Waals surface area contributed by atoms with E-state index in [1.165, 1.54) is 0 Å². The van der Waals surface area contributed by atoms with Crippen molar-refractivity contribution in [1.29, 1.82) is 0 Å². The molecule has 2 N–H and O–H groups in total. The fourth-order valence-electron chi connectivity index (χ4n) is 2.45. The summed E-state index contributed by atoms with van der Waals surface area (Å²) < 4.78 is 27.9. The summed E-state index contributed by atoms with van der Waals surface area (Å²) in [5, 5.41) is 11.4. The van der Waals surface area contributed by atoms with Crippen LogP contribution >= 0.6 is 0 Å². The number of hydrogen-bond acceptors (Lipinski definition) is 4. The zero-order chi connectivity index (χ0) is 18.4. The van der Waals surface area contributed by atoms with Crippen molar-refractivity contribution in [3.05, 3.63) is 65.7 Å². The molecule has 0 aliphatic rings. The summed E-state index contributed by atoms with van der Waals surface area (Å²) in [6.07, 6.45) is 0. The van der Waals surface area contributed by atoms with Crippen LogP contribution in [0.3, 0.4) is 0 Å². The zero-order valence-corrected chi connectivity index (χ0v) is 15.7. The molecular formula is C19H26N2O3S. The van der Waals surface area contributed by atoms with Gasteiger partial charge in [-0.3, -0.25) is 0 Å². The van der Waals surface area contributed by atoms with E-state index >= 15 is 0 Å². The molecule has 6 heteroatoms. The van der Waals surface area contributed by atoms with Gasteiger partial charge in [-0.1, -0.05) is 61.9 Å². The smallest absolute Gasteiger partial charge is 0.240 e. The van der Waals surface area contributed by atoms with Gasteiger partial charge in [-0.25, -0.2) is 13.1 Å². The standard InChI is InChI=1S/C19H26N2O3S/c1-15(2)19(14-21(22)13-17-7-5-4-6-8-17)20-25(23,24)18-11-9-16(3)10-12-18/h4-12,15,19-20,22H,13-14H2,1-3H3. The molecule has 2 aromatic carbocycles. The number of rotatable bonds is 8. The van der Waals surface area contributed by atoms with Crippen LogP contribution in [0.4, 0.5) is 0 Å². The Balaban J connectivity index is 2.06. The molecule has 25 heavy (non-hydrogen) atoms. The summed E-state index contributed by atoms with van der Waals surface area (Å²) in [5.41, 5.74) is 1.97. The molecule has 0 bridgehead atoms. The molecule has 0 heterocycles. The van der Waals surface area contributed by atoms with Crippen molar-refractivity contribution in [3.8, 4) is 0 Å². The molecule has 136 valence electrons. The Bertz CT molecular complexity index is 759. The van der Waals surface area contributed by atoms with Crippen LogP contribution in [0.15, 0.2) is 59.5 Å². The summed E-state index contributed by atoms with van der Waals surface area (Å²) in [6.45, 7) is 6.32. The molecule has 0 saturated heterocycles. The molecule has 0 aliphatic heterocycles. The Hall–Kier alpha value is -1.73. The third kappa shape index (κ3) is 5.93. The van der Waals surface area contributed by atoms with Crippen LogP contribution in [0.2, 0.25) is 0 Å². The first-order valence-corrected chi connectivity index (χ1v) is 9.83. The van der Waals surface area contributed by atoms with E-state index in [-0.39, 0.29) is 17.4 Å². The predicted octanol–water partition coefficient (Wildman–Crippen LogP) is 3.19. The fourth-order valence-corrected chi connectivity index (χ4v) is 3.83. The van der Waals surface area contributed by atoms with Gasteiger partial charge in [0, 0.05) is 19.1 Å². The van der Waals surface area contributed by atoms with Gasteiger partial charge in [0.25, 0.3) is 0 Å². The minimum atomic E-state index is -3.63. The van der Waals surface area contributed by atoms with Crippen molar-refractivity contribution in [2.24, 2.45) is 5.92 Å². The maximum absolute atomic E-state index is 12.6. The Labute approximate surface area is 150 Å². The first kappa shape index (κ1) is 19.6. The lowest BCUT2D eigenvalue weighted by Gasteiger charge is -2.26. The van der Waals surface area contributed by atoms with Gasteiger partial charge in [0.1, 0.15) is 0 Å². The van der Waals surface area contributed by atoms with Gasteiger partial charge in [0.05, 0.1) is 4.90 Å². The topological polar surface area (TPSA) is 69.6 Å². The average molecular weight is 362 g/mol. The summed E-state index contributed by atoms with van der Waals surface area (Å²) in [5.74, 6) is 0.0330. The third-order valence-electron chi connectivity index (χ3n) is 4.06. The van der Waals surface area contributed by atoms with Gasteiger partial charge in [-0.2, -0.15) is 5.06 Å². The molecular weight excluding hydrogens is 336 g/mol. The first-order valence-electron chi connectivity index (χ1n) is 8.34. The van der Waals surface area contributed by atoms with Crippen molar-refractivity contribution in [3.63, 3.8) is 0 Å². The molecule has 0 spiro atoms. The van der Waals surface area contributed by atoms with Gasteiger partial charge in [-0.15, -0.1) is 0 Å². The molecule has 2 rings (SSSR count). The normalized spacial score (nSPS) is 13.4. The van der Waals surface area contributed by atoms with E-state index < -0.39 is 16.1 Å². The molecule has 1 atom stereocenters. The Kier molecular flexibility index (Phi) is 6.72. The van der Waals surface area contributed by atoms with Crippen LogP contribution < -0.4 is 4.72 Å². The van der Waals surface area contributed by atoms with Crippen molar-refractivity contribution in [2.45, 2.75) is 38.3 Å². The molecule has 0 amide bonds. The fraction of sp³-hybridized carbons (Fsp3) is 0.368.